The predicted octanol–water partition coefficient (Wildman–Crippen LogP) is 3.39. The largest absolute Gasteiger partial charge is 0.393 e. The van der Waals surface area contributed by atoms with Gasteiger partial charge in [0, 0.05) is 21.2 Å². The number of anilines is 1. The SMILES string of the molecule is Nc1cc(Sc2ccsc2)ccc1[N+](=O)[O-]. The average Bonchev–Trinajstić information content (AvgIpc) is 2.70. The molecule has 82 valence electrons. The van der Waals surface area contributed by atoms with E-state index in [1.54, 1.807) is 23.5 Å². The van der Waals surface area contributed by atoms with E-state index in [9.17, 15) is 10.1 Å². The number of nitro benzene ring substituents is 1. The molecule has 0 unspecified atom stereocenters. The van der Waals surface area contributed by atoms with E-state index in [1.807, 2.05) is 16.8 Å². The Balaban J connectivity index is 2.24. The van der Waals surface area contributed by atoms with Gasteiger partial charge < -0.3 is 5.73 Å². The van der Waals surface area contributed by atoms with Crippen LogP contribution in [-0.4, -0.2) is 4.92 Å². The third kappa shape index (κ3) is 2.34. The number of nitrogens with zero attached hydrogens (tertiary/aromatic N) is 1. The van der Waals surface area contributed by atoms with Gasteiger partial charge in [-0.2, -0.15) is 11.3 Å². The summed E-state index contributed by atoms with van der Waals surface area (Å²) in [6.45, 7) is 0. The standard InChI is InChI=1S/C10H8N2O2S2/c11-9-5-7(1-2-10(9)12(13)14)16-8-3-4-15-6-8/h1-6H,11H2. The second-order valence-corrected chi connectivity index (χ2v) is 4.97. The molecule has 0 aliphatic carbocycles. The lowest BCUT2D eigenvalue weighted by atomic mass is 10.3. The Kier molecular flexibility index (Phi) is 3.12. The quantitative estimate of drug-likeness (QED) is 0.516. The van der Waals surface area contributed by atoms with Crippen LogP contribution in [-0.2, 0) is 0 Å². The third-order valence-corrected chi connectivity index (χ3v) is 3.74. The first kappa shape index (κ1) is 11.0. The van der Waals surface area contributed by atoms with Gasteiger partial charge in [0.2, 0.25) is 0 Å². The number of thiophene rings is 1. The maximum Gasteiger partial charge on any atom is 0.292 e. The van der Waals surface area contributed by atoms with Crippen LogP contribution in [0.2, 0.25) is 0 Å². The van der Waals surface area contributed by atoms with Crippen LogP contribution < -0.4 is 5.73 Å². The van der Waals surface area contributed by atoms with Crippen LogP contribution in [0.25, 0.3) is 0 Å². The molecule has 0 radical (unpaired) electrons. The number of nitro groups is 1. The first-order valence-corrected chi connectivity index (χ1v) is 6.17. The summed E-state index contributed by atoms with van der Waals surface area (Å²) in [6.07, 6.45) is 0. The van der Waals surface area contributed by atoms with Crippen molar-refractivity contribution in [1.29, 1.82) is 0 Å². The van der Waals surface area contributed by atoms with Crippen LogP contribution in [0.3, 0.4) is 0 Å². The molecule has 0 aliphatic rings. The minimum atomic E-state index is -0.478. The number of nitrogens with two attached hydrogens (primary N) is 1. The lowest BCUT2D eigenvalue weighted by molar-refractivity contribution is -0.383. The van der Waals surface area contributed by atoms with Crippen molar-refractivity contribution in [2.24, 2.45) is 0 Å². The minimum Gasteiger partial charge on any atom is -0.393 e. The summed E-state index contributed by atoms with van der Waals surface area (Å²) in [4.78, 5) is 12.1. The molecule has 2 aromatic rings. The van der Waals surface area contributed by atoms with Crippen LogP contribution in [0, 0.1) is 10.1 Å². The summed E-state index contributed by atoms with van der Waals surface area (Å²) in [5, 5.41) is 14.6. The highest BCUT2D eigenvalue weighted by molar-refractivity contribution is 7.99. The van der Waals surface area contributed by atoms with Crippen LogP contribution >= 0.6 is 23.1 Å². The van der Waals surface area contributed by atoms with Crippen molar-refractivity contribution in [3.63, 3.8) is 0 Å². The Morgan fingerprint density at radius 1 is 1.31 bits per heavy atom. The molecule has 4 nitrogen and oxygen atoms in total. The molecule has 0 aliphatic heterocycles. The summed E-state index contributed by atoms with van der Waals surface area (Å²) in [5.74, 6) is 0. The van der Waals surface area contributed by atoms with Crippen molar-refractivity contribution in [2.75, 3.05) is 5.73 Å². The lowest BCUT2D eigenvalue weighted by Crippen LogP contribution is -1.95. The molecule has 2 N–H and O–H groups in total. The number of rotatable bonds is 3. The molecular weight excluding hydrogens is 244 g/mol. The second-order valence-electron chi connectivity index (χ2n) is 3.04. The first-order chi connectivity index (χ1) is 7.66. The van der Waals surface area contributed by atoms with Gasteiger partial charge in [-0.25, -0.2) is 0 Å². The Hall–Kier alpha value is -1.53. The van der Waals surface area contributed by atoms with Gasteiger partial charge in [-0.1, -0.05) is 11.8 Å². The molecule has 0 spiro atoms. The smallest absolute Gasteiger partial charge is 0.292 e. The first-order valence-electron chi connectivity index (χ1n) is 4.41. The maximum absolute atomic E-state index is 10.6. The Bertz CT molecular complexity index is 512. The molecule has 1 aromatic carbocycles. The van der Waals surface area contributed by atoms with E-state index in [1.165, 1.54) is 17.8 Å². The average molecular weight is 252 g/mol. The molecular formula is C10H8N2O2S2. The van der Waals surface area contributed by atoms with Crippen molar-refractivity contribution < 1.29 is 4.92 Å². The number of nitrogen functional groups attached to an aromatic ring is 1. The number of hydrogen-bond donors (Lipinski definition) is 1. The highest BCUT2D eigenvalue weighted by Crippen LogP contribution is 2.33. The van der Waals surface area contributed by atoms with Gasteiger partial charge in [-0.3, -0.25) is 10.1 Å². The zero-order valence-corrected chi connectivity index (χ0v) is 9.75. The van der Waals surface area contributed by atoms with Crippen LogP contribution in [0.4, 0.5) is 11.4 Å². The predicted molar refractivity (Wildman–Crippen MR) is 66.0 cm³/mol. The van der Waals surface area contributed by atoms with E-state index >= 15 is 0 Å². The van der Waals surface area contributed by atoms with Gasteiger partial charge in [0.15, 0.2) is 0 Å². The van der Waals surface area contributed by atoms with Crippen LogP contribution in [0.15, 0.2) is 44.8 Å². The molecule has 0 atom stereocenters. The fourth-order valence-corrected chi connectivity index (χ4v) is 2.90. The monoisotopic (exact) mass is 252 g/mol. The molecule has 0 saturated heterocycles. The van der Waals surface area contributed by atoms with Crippen LogP contribution in [0.1, 0.15) is 0 Å². The summed E-state index contributed by atoms with van der Waals surface area (Å²) < 4.78 is 0. The van der Waals surface area contributed by atoms with Gasteiger partial charge in [-0.05, 0) is 23.6 Å². The van der Waals surface area contributed by atoms with E-state index in [0.29, 0.717) is 0 Å². The summed E-state index contributed by atoms with van der Waals surface area (Å²) in [7, 11) is 0. The lowest BCUT2D eigenvalue weighted by Gasteiger charge is -2.01. The van der Waals surface area contributed by atoms with Crippen LogP contribution in [0.5, 0.6) is 0 Å². The summed E-state index contributed by atoms with van der Waals surface area (Å²) in [6, 6.07) is 6.76. The summed E-state index contributed by atoms with van der Waals surface area (Å²) >= 11 is 3.15. The van der Waals surface area contributed by atoms with Crippen molar-refractivity contribution in [2.45, 2.75) is 9.79 Å². The fourth-order valence-electron chi connectivity index (χ4n) is 1.21. The topological polar surface area (TPSA) is 69.2 Å². The Morgan fingerprint density at radius 3 is 2.69 bits per heavy atom. The van der Waals surface area contributed by atoms with Crippen molar-refractivity contribution in [1.82, 2.24) is 0 Å². The van der Waals surface area contributed by atoms with Gasteiger partial charge in [-0.15, -0.1) is 0 Å². The molecule has 1 aromatic heterocycles. The van der Waals surface area contributed by atoms with E-state index in [4.69, 9.17) is 5.73 Å². The van der Waals surface area contributed by atoms with Crippen molar-refractivity contribution >= 4 is 34.5 Å². The number of hydrogen-bond acceptors (Lipinski definition) is 5. The highest BCUT2D eigenvalue weighted by atomic mass is 32.2. The van der Waals surface area contributed by atoms with E-state index in [2.05, 4.69) is 0 Å². The zero-order valence-electron chi connectivity index (χ0n) is 8.12. The van der Waals surface area contributed by atoms with Crippen molar-refractivity contribution in [3.05, 3.63) is 45.1 Å². The fraction of sp³-hybridized carbons (Fsp3) is 0. The van der Waals surface area contributed by atoms with E-state index in [-0.39, 0.29) is 11.4 Å². The maximum atomic E-state index is 10.6. The molecule has 0 amide bonds. The minimum absolute atomic E-state index is 0.0466. The molecule has 0 bridgehead atoms. The van der Waals surface area contributed by atoms with Gasteiger partial charge >= 0.3 is 0 Å². The van der Waals surface area contributed by atoms with E-state index < -0.39 is 4.92 Å². The van der Waals surface area contributed by atoms with Crippen molar-refractivity contribution in [3.8, 4) is 0 Å². The third-order valence-electron chi connectivity index (χ3n) is 1.93. The second kappa shape index (κ2) is 4.54. The molecule has 0 saturated carbocycles. The van der Waals surface area contributed by atoms with E-state index in [0.717, 1.165) is 9.79 Å². The van der Waals surface area contributed by atoms with Gasteiger partial charge in [0.1, 0.15) is 5.69 Å². The summed E-state index contributed by atoms with van der Waals surface area (Å²) in [5.41, 5.74) is 5.75. The Morgan fingerprint density at radius 2 is 2.12 bits per heavy atom. The molecule has 2 rings (SSSR count). The number of benzene rings is 1. The highest BCUT2D eigenvalue weighted by Gasteiger charge is 2.11. The normalized spacial score (nSPS) is 10.2. The van der Waals surface area contributed by atoms with Gasteiger partial charge in [0.05, 0.1) is 4.92 Å². The zero-order chi connectivity index (χ0) is 11.5. The molecule has 16 heavy (non-hydrogen) atoms. The molecule has 0 fully saturated rings. The van der Waals surface area contributed by atoms with Gasteiger partial charge in [0.25, 0.3) is 5.69 Å². The molecule has 6 heteroatoms. The Labute approximate surface area is 100 Å². The molecule has 1 heterocycles.